The lowest BCUT2D eigenvalue weighted by atomic mass is 10.3. The van der Waals surface area contributed by atoms with E-state index in [1.165, 1.54) is 0 Å². The smallest absolute Gasteiger partial charge is 0.127 e. The summed E-state index contributed by atoms with van der Waals surface area (Å²) in [7, 11) is -1.26. The van der Waals surface area contributed by atoms with Crippen LogP contribution in [-0.2, 0) is 0 Å². The fourth-order valence-electron chi connectivity index (χ4n) is 0.419. The van der Waals surface area contributed by atoms with Crippen LogP contribution >= 0.6 is 7.92 Å². The third-order valence-electron chi connectivity index (χ3n) is 1.60. The van der Waals surface area contributed by atoms with Crippen LogP contribution in [0.5, 0.6) is 0 Å². The summed E-state index contributed by atoms with van der Waals surface area (Å²) in [5.74, 6) is 0. The molecule has 0 aliphatic heterocycles. The first-order valence-corrected chi connectivity index (χ1v) is 9.68. The summed E-state index contributed by atoms with van der Waals surface area (Å²) in [6, 6.07) is 0. The van der Waals surface area contributed by atoms with E-state index in [4.69, 9.17) is 0 Å². The lowest BCUT2D eigenvalue weighted by molar-refractivity contribution is 0.791. The van der Waals surface area contributed by atoms with Crippen LogP contribution < -0.4 is 0 Å². The molecule has 0 aliphatic carbocycles. The van der Waals surface area contributed by atoms with E-state index in [2.05, 4.69) is 58.3 Å². The summed E-state index contributed by atoms with van der Waals surface area (Å²) in [4.78, 5) is 0. The fraction of sp³-hybridized carbons (Fsp3) is 0.800. The van der Waals surface area contributed by atoms with Gasteiger partial charge in [-0.25, -0.2) is 0 Å². The van der Waals surface area contributed by atoms with Gasteiger partial charge in [0, 0.05) is 0 Å². The van der Waals surface area contributed by atoms with Gasteiger partial charge in [0.1, 0.15) is 8.07 Å². The van der Waals surface area contributed by atoms with Crippen molar-refractivity contribution in [1.29, 1.82) is 0 Å². The molecule has 0 unspecified atom stereocenters. The fourth-order valence-corrected chi connectivity index (χ4v) is 2.77. The van der Waals surface area contributed by atoms with Gasteiger partial charge in [0.05, 0.1) is 0 Å². The van der Waals surface area contributed by atoms with E-state index in [0.717, 1.165) is 0 Å². The molecule has 0 bridgehead atoms. The van der Waals surface area contributed by atoms with Crippen molar-refractivity contribution in [3.8, 4) is 11.2 Å². The molecule has 0 saturated heterocycles. The van der Waals surface area contributed by atoms with Gasteiger partial charge in [-0.1, -0.05) is 46.1 Å². The van der Waals surface area contributed by atoms with Gasteiger partial charge < -0.3 is 0 Å². The minimum atomic E-state index is -1.14. The van der Waals surface area contributed by atoms with Crippen molar-refractivity contribution in [3.63, 3.8) is 0 Å². The monoisotopic (exact) mass is 200 g/mol. The SMILES string of the molecule is C[P@](C#C[Si](C)(C)C)C(C)(C)C. The summed E-state index contributed by atoms with van der Waals surface area (Å²) in [5, 5.41) is 0.391. The van der Waals surface area contributed by atoms with Crippen LogP contribution in [0.4, 0.5) is 0 Å². The molecule has 0 nitrogen and oxygen atoms in total. The zero-order chi connectivity index (χ0) is 9.99. The minimum absolute atomic E-state index is 0.112. The number of hydrogen-bond acceptors (Lipinski definition) is 0. The predicted molar refractivity (Wildman–Crippen MR) is 63.7 cm³/mol. The molecule has 0 radical (unpaired) electrons. The summed E-state index contributed by atoms with van der Waals surface area (Å²) >= 11 is 0. The summed E-state index contributed by atoms with van der Waals surface area (Å²) in [5.41, 5.74) is 6.88. The lowest BCUT2D eigenvalue weighted by Crippen LogP contribution is -2.17. The maximum atomic E-state index is 3.45. The molecule has 0 fully saturated rings. The zero-order valence-electron chi connectivity index (χ0n) is 9.45. The van der Waals surface area contributed by atoms with E-state index in [1.807, 2.05) is 0 Å². The van der Waals surface area contributed by atoms with Crippen molar-refractivity contribution in [1.82, 2.24) is 0 Å². The van der Waals surface area contributed by atoms with E-state index >= 15 is 0 Å². The van der Waals surface area contributed by atoms with Gasteiger partial charge in [-0.3, -0.25) is 0 Å². The Hall–Kier alpha value is 0.207. The topological polar surface area (TPSA) is 0 Å². The Morgan fingerprint density at radius 3 is 1.75 bits per heavy atom. The number of rotatable bonds is 0. The zero-order valence-corrected chi connectivity index (χ0v) is 11.3. The Morgan fingerprint density at radius 1 is 1.08 bits per heavy atom. The van der Waals surface area contributed by atoms with E-state index in [1.54, 1.807) is 0 Å². The maximum absolute atomic E-state index is 3.45. The minimum Gasteiger partial charge on any atom is -0.127 e. The van der Waals surface area contributed by atoms with Crippen LogP contribution in [0.25, 0.3) is 0 Å². The average Bonchev–Trinajstić information content (AvgIpc) is 1.78. The van der Waals surface area contributed by atoms with Crippen molar-refractivity contribution in [2.45, 2.75) is 45.6 Å². The average molecular weight is 200 g/mol. The van der Waals surface area contributed by atoms with Gasteiger partial charge in [0.15, 0.2) is 0 Å². The van der Waals surface area contributed by atoms with Gasteiger partial charge in [0.25, 0.3) is 0 Å². The second-order valence-corrected chi connectivity index (χ2v) is 12.6. The summed E-state index contributed by atoms with van der Waals surface area (Å²) < 4.78 is 0. The molecule has 2 heteroatoms. The molecule has 70 valence electrons. The molecule has 0 aliphatic rings. The van der Waals surface area contributed by atoms with E-state index < -0.39 is 8.07 Å². The largest absolute Gasteiger partial charge is 0.129 e. The van der Waals surface area contributed by atoms with Crippen LogP contribution in [0, 0.1) is 11.2 Å². The van der Waals surface area contributed by atoms with Gasteiger partial charge in [-0.05, 0) is 19.7 Å². The van der Waals surface area contributed by atoms with Crippen LogP contribution in [0.1, 0.15) is 20.8 Å². The third-order valence-corrected chi connectivity index (χ3v) is 5.15. The van der Waals surface area contributed by atoms with Crippen LogP contribution in [-0.4, -0.2) is 19.9 Å². The summed E-state index contributed by atoms with van der Waals surface area (Å²) in [6.45, 7) is 16.0. The normalized spacial score (nSPS) is 14.9. The Bertz CT molecular complexity index is 197. The molecule has 0 amide bonds. The second kappa shape index (κ2) is 3.94. The second-order valence-electron chi connectivity index (χ2n) is 5.22. The van der Waals surface area contributed by atoms with E-state index in [0.29, 0.717) is 5.16 Å². The van der Waals surface area contributed by atoms with Crippen LogP contribution in [0.2, 0.25) is 19.6 Å². The van der Waals surface area contributed by atoms with Gasteiger partial charge in [-0.15, -0.1) is 5.54 Å². The molecule has 12 heavy (non-hydrogen) atoms. The van der Waals surface area contributed by atoms with Gasteiger partial charge in [-0.2, -0.15) is 0 Å². The highest BCUT2D eigenvalue weighted by molar-refractivity contribution is 7.63. The molecule has 1 atom stereocenters. The van der Waals surface area contributed by atoms with E-state index in [-0.39, 0.29) is 7.92 Å². The molecule has 0 N–H and O–H groups in total. The Morgan fingerprint density at radius 2 is 1.50 bits per heavy atom. The van der Waals surface area contributed by atoms with Crippen molar-refractivity contribution >= 4 is 16.0 Å². The van der Waals surface area contributed by atoms with Crippen LogP contribution in [0.15, 0.2) is 0 Å². The highest BCUT2D eigenvalue weighted by Crippen LogP contribution is 2.44. The first-order valence-electron chi connectivity index (χ1n) is 4.39. The molecule has 0 spiro atoms. The first kappa shape index (κ1) is 12.2. The molecule has 0 saturated carbocycles. The van der Waals surface area contributed by atoms with Crippen LogP contribution in [0.3, 0.4) is 0 Å². The lowest BCUT2D eigenvalue weighted by Gasteiger charge is -2.22. The van der Waals surface area contributed by atoms with Crippen molar-refractivity contribution in [3.05, 3.63) is 0 Å². The molecule has 0 aromatic carbocycles. The molecule has 0 rings (SSSR count). The number of hydrogen-bond donors (Lipinski definition) is 0. The Kier molecular flexibility index (Phi) is 4.01. The highest BCUT2D eigenvalue weighted by Gasteiger charge is 2.18. The quantitative estimate of drug-likeness (QED) is 0.317. The van der Waals surface area contributed by atoms with Crippen molar-refractivity contribution in [2.75, 3.05) is 6.66 Å². The highest BCUT2D eigenvalue weighted by atomic mass is 31.1. The standard InChI is InChI=1S/C10H21PSi/c1-10(2,3)11(4)8-9-12(5,6)7/h1-7H3/t11-/m1/s1. The van der Waals surface area contributed by atoms with Crippen molar-refractivity contribution in [2.24, 2.45) is 0 Å². The molecule has 0 aromatic heterocycles. The maximum Gasteiger partial charge on any atom is 0.129 e. The Balaban J connectivity index is 4.34. The van der Waals surface area contributed by atoms with Gasteiger partial charge in [0.2, 0.25) is 0 Å². The molecule has 0 heterocycles. The molecule has 0 aromatic rings. The molecular formula is C10H21PSi. The Labute approximate surface area is 79.9 Å². The third kappa shape index (κ3) is 5.81. The van der Waals surface area contributed by atoms with Crippen molar-refractivity contribution < 1.29 is 0 Å². The first-order chi connectivity index (χ1) is 5.13. The summed E-state index contributed by atoms with van der Waals surface area (Å²) in [6.07, 6.45) is 0. The molecular weight excluding hydrogens is 179 g/mol. The van der Waals surface area contributed by atoms with E-state index in [9.17, 15) is 0 Å². The van der Waals surface area contributed by atoms with Gasteiger partial charge >= 0.3 is 0 Å². The predicted octanol–water partition coefficient (Wildman–Crippen LogP) is 3.73.